The van der Waals surface area contributed by atoms with Crippen LogP contribution in [0.15, 0.2) is 59.4 Å². The molecule has 0 N–H and O–H groups in total. The van der Waals surface area contributed by atoms with Crippen LogP contribution in [0.5, 0.6) is 0 Å². The molecule has 1 heterocycles. The zero-order valence-electron chi connectivity index (χ0n) is 15.6. The first-order valence-corrected chi connectivity index (χ1v) is 10.1. The Hall–Kier alpha value is -2.96. The highest BCUT2D eigenvalue weighted by Crippen LogP contribution is 2.09. The maximum absolute atomic E-state index is 13.0. The molecule has 0 bridgehead atoms. The van der Waals surface area contributed by atoms with Crippen LogP contribution in [0.25, 0.3) is 12.2 Å². The number of ketones is 1. The maximum Gasteiger partial charge on any atom is 0.333 e. The third kappa shape index (κ3) is 5.31. The van der Waals surface area contributed by atoms with Gasteiger partial charge in [0.15, 0.2) is 5.78 Å². The van der Waals surface area contributed by atoms with Crippen LogP contribution in [-0.2, 0) is 16.1 Å². The Morgan fingerprint density at radius 2 is 1.79 bits per heavy atom. The summed E-state index contributed by atoms with van der Waals surface area (Å²) < 4.78 is 7.03. The monoisotopic (exact) mass is 427 g/mol. The van der Waals surface area contributed by atoms with Crippen molar-refractivity contribution in [3.8, 4) is 0 Å². The summed E-state index contributed by atoms with van der Waals surface area (Å²) in [6.07, 6.45) is 2.95. The van der Waals surface area contributed by atoms with Crippen LogP contribution in [0.3, 0.4) is 0 Å². The van der Waals surface area contributed by atoms with Crippen molar-refractivity contribution in [1.29, 1.82) is 0 Å². The second-order valence-electron chi connectivity index (χ2n) is 6.08. The summed E-state index contributed by atoms with van der Waals surface area (Å²) in [5.41, 5.74) is 0.942. The van der Waals surface area contributed by atoms with E-state index in [1.54, 1.807) is 61.5 Å². The van der Waals surface area contributed by atoms with Gasteiger partial charge in [-0.15, -0.1) is 11.3 Å². The lowest BCUT2D eigenvalue weighted by molar-refractivity contribution is -0.135. The van der Waals surface area contributed by atoms with E-state index in [2.05, 4.69) is 0 Å². The lowest BCUT2D eigenvalue weighted by Gasteiger charge is -2.02. The van der Waals surface area contributed by atoms with Crippen molar-refractivity contribution in [1.82, 2.24) is 4.57 Å². The number of esters is 1. The SMILES string of the molecule is CCOC(=O)/C=c1\s/c(=C/c2ccc(Cl)cc2)c(=O)n1CC(=O)c1ccccc1. The van der Waals surface area contributed by atoms with Crippen molar-refractivity contribution < 1.29 is 14.3 Å². The van der Waals surface area contributed by atoms with Crippen LogP contribution in [0.4, 0.5) is 0 Å². The van der Waals surface area contributed by atoms with Gasteiger partial charge in [-0.2, -0.15) is 0 Å². The molecule has 2 aromatic carbocycles. The number of nitrogens with zero attached hydrogens (tertiary/aromatic N) is 1. The van der Waals surface area contributed by atoms with Gasteiger partial charge in [-0.1, -0.05) is 54.1 Å². The Morgan fingerprint density at radius 3 is 2.45 bits per heavy atom. The number of halogens is 1. The quantitative estimate of drug-likeness (QED) is 0.448. The fourth-order valence-corrected chi connectivity index (χ4v) is 3.80. The van der Waals surface area contributed by atoms with Crippen molar-refractivity contribution in [2.24, 2.45) is 0 Å². The summed E-state index contributed by atoms with van der Waals surface area (Å²) in [7, 11) is 0. The Balaban J connectivity index is 2.08. The van der Waals surface area contributed by atoms with E-state index in [0.29, 0.717) is 19.8 Å². The summed E-state index contributed by atoms with van der Waals surface area (Å²) in [4.78, 5) is 37.5. The summed E-state index contributed by atoms with van der Waals surface area (Å²) >= 11 is 7.04. The number of Topliss-reactive ketones (excluding diaryl/α,β-unsaturated/α-hetero) is 1. The van der Waals surface area contributed by atoms with Crippen LogP contribution >= 0.6 is 22.9 Å². The number of rotatable bonds is 6. The van der Waals surface area contributed by atoms with Gasteiger partial charge in [0.1, 0.15) is 4.66 Å². The Morgan fingerprint density at radius 1 is 1.10 bits per heavy atom. The second kappa shape index (κ2) is 9.49. The number of ether oxygens (including phenoxy) is 1. The molecule has 29 heavy (non-hydrogen) atoms. The molecule has 7 heteroatoms. The molecule has 5 nitrogen and oxygen atoms in total. The van der Waals surface area contributed by atoms with Crippen molar-refractivity contribution in [3.63, 3.8) is 0 Å². The van der Waals surface area contributed by atoms with Crippen molar-refractivity contribution in [2.75, 3.05) is 6.61 Å². The highest BCUT2D eigenvalue weighted by molar-refractivity contribution is 7.07. The number of carbonyl (C=O) groups is 2. The van der Waals surface area contributed by atoms with E-state index in [9.17, 15) is 14.4 Å². The number of aromatic nitrogens is 1. The minimum absolute atomic E-state index is 0.168. The summed E-state index contributed by atoms with van der Waals surface area (Å²) in [5, 5.41) is 0.593. The van der Waals surface area contributed by atoms with Gasteiger partial charge in [0, 0.05) is 10.6 Å². The van der Waals surface area contributed by atoms with Gasteiger partial charge >= 0.3 is 5.97 Å². The third-order valence-electron chi connectivity index (χ3n) is 4.03. The highest BCUT2D eigenvalue weighted by atomic mass is 35.5. The molecule has 148 valence electrons. The first-order chi connectivity index (χ1) is 14.0. The van der Waals surface area contributed by atoms with Gasteiger partial charge in [0.05, 0.1) is 23.8 Å². The summed E-state index contributed by atoms with van der Waals surface area (Å²) in [6, 6.07) is 15.7. The molecular formula is C22H18ClNO4S. The molecule has 1 aromatic heterocycles. The first-order valence-electron chi connectivity index (χ1n) is 8.91. The predicted octanol–water partition coefficient (Wildman–Crippen LogP) is 2.62. The predicted molar refractivity (Wildman–Crippen MR) is 115 cm³/mol. The molecular weight excluding hydrogens is 410 g/mol. The molecule has 0 fully saturated rings. The standard InChI is InChI=1S/C22H18ClNO4S/c1-2-28-21(26)13-20-24(14-18(25)16-6-4-3-5-7-16)22(27)19(29-20)12-15-8-10-17(23)11-9-15/h3-13H,2,14H2,1H3/b19-12+,20-13-. The Labute approximate surface area is 176 Å². The molecule has 0 atom stereocenters. The molecule has 0 radical (unpaired) electrons. The lowest BCUT2D eigenvalue weighted by atomic mass is 10.1. The van der Waals surface area contributed by atoms with Crippen LogP contribution in [0.1, 0.15) is 22.8 Å². The summed E-state index contributed by atoms with van der Waals surface area (Å²) in [5.74, 6) is -0.783. The number of hydrogen-bond donors (Lipinski definition) is 0. The van der Waals surface area contributed by atoms with Crippen LogP contribution in [0.2, 0.25) is 5.02 Å². The molecule has 0 amide bonds. The highest BCUT2D eigenvalue weighted by Gasteiger charge is 2.12. The number of carbonyl (C=O) groups excluding carboxylic acids is 2. The van der Waals surface area contributed by atoms with Gasteiger partial charge in [0.2, 0.25) is 0 Å². The number of benzene rings is 2. The van der Waals surface area contributed by atoms with Gasteiger partial charge in [0.25, 0.3) is 5.56 Å². The molecule has 0 unspecified atom stereocenters. The van der Waals surface area contributed by atoms with Gasteiger partial charge in [-0.3, -0.25) is 14.2 Å². The normalized spacial score (nSPS) is 12.2. The van der Waals surface area contributed by atoms with E-state index in [-0.39, 0.29) is 24.5 Å². The zero-order valence-corrected chi connectivity index (χ0v) is 17.2. The Kier molecular flexibility index (Phi) is 6.80. The largest absolute Gasteiger partial charge is 0.463 e. The van der Waals surface area contributed by atoms with Gasteiger partial charge in [-0.25, -0.2) is 4.79 Å². The number of hydrogen-bond acceptors (Lipinski definition) is 5. The minimum atomic E-state index is -0.562. The smallest absolute Gasteiger partial charge is 0.333 e. The van der Waals surface area contributed by atoms with Crippen LogP contribution in [-0.4, -0.2) is 22.9 Å². The van der Waals surface area contributed by atoms with Crippen LogP contribution < -0.4 is 14.8 Å². The molecule has 3 aromatic rings. The Bertz CT molecular complexity index is 1190. The molecule has 0 saturated carbocycles. The van der Waals surface area contributed by atoms with E-state index < -0.39 is 5.97 Å². The molecule has 0 saturated heterocycles. The fraction of sp³-hybridized carbons (Fsp3) is 0.136. The summed E-state index contributed by atoms with van der Waals surface area (Å²) in [6.45, 7) is 1.75. The number of thiazole rings is 1. The first kappa shape index (κ1) is 20.8. The van der Waals surface area contributed by atoms with Crippen LogP contribution in [0, 0.1) is 0 Å². The molecule has 0 aliphatic heterocycles. The molecule has 0 aliphatic carbocycles. The molecule has 0 spiro atoms. The van der Waals surface area contributed by atoms with Gasteiger partial charge < -0.3 is 4.74 Å². The van der Waals surface area contributed by atoms with E-state index in [4.69, 9.17) is 16.3 Å². The second-order valence-corrected chi connectivity index (χ2v) is 7.58. The topological polar surface area (TPSA) is 65.4 Å². The fourth-order valence-electron chi connectivity index (χ4n) is 2.65. The average Bonchev–Trinajstić information content (AvgIpc) is 2.99. The van der Waals surface area contributed by atoms with Crippen molar-refractivity contribution in [3.05, 3.63) is 90.3 Å². The van der Waals surface area contributed by atoms with Crippen molar-refractivity contribution in [2.45, 2.75) is 13.5 Å². The van der Waals surface area contributed by atoms with E-state index >= 15 is 0 Å². The van der Waals surface area contributed by atoms with Crippen molar-refractivity contribution >= 4 is 46.8 Å². The maximum atomic E-state index is 13.0. The van der Waals surface area contributed by atoms with E-state index in [0.717, 1.165) is 16.9 Å². The van der Waals surface area contributed by atoms with Gasteiger partial charge in [-0.05, 0) is 30.7 Å². The average molecular weight is 428 g/mol. The minimum Gasteiger partial charge on any atom is -0.463 e. The third-order valence-corrected chi connectivity index (χ3v) is 5.34. The van der Waals surface area contributed by atoms with E-state index in [1.807, 2.05) is 6.07 Å². The molecule has 3 rings (SSSR count). The molecule has 0 aliphatic rings. The zero-order chi connectivity index (χ0) is 20.8. The van der Waals surface area contributed by atoms with E-state index in [1.165, 1.54) is 10.6 Å². The lowest BCUT2D eigenvalue weighted by Crippen LogP contribution is -2.34.